The van der Waals surface area contributed by atoms with Crippen molar-refractivity contribution in [1.29, 1.82) is 0 Å². The Kier molecular flexibility index (Phi) is 4.52. The van der Waals surface area contributed by atoms with E-state index in [-0.39, 0.29) is 0 Å². The molecular weight excluding hydrogens is 292 g/mol. The van der Waals surface area contributed by atoms with Gasteiger partial charge in [-0.15, -0.1) is 0 Å². The Bertz CT molecular complexity index is 704. The number of rotatable bonds is 3. The minimum Gasteiger partial charge on any atom is -0.497 e. The summed E-state index contributed by atoms with van der Waals surface area (Å²) in [6.07, 6.45) is 10.1. The maximum Gasteiger partial charge on any atom is 0.119 e. The molecule has 24 heavy (non-hydrogen) atoms. The first kappa shape index (κ1) is 16.0. The minimum absolute atomic E-state index is 0.774. The molecule has 2 aliphatic rings. The van der Waals surface area contributed by atoms with Crippen LogP contribution in [0.3, 0.4) is 0 Å². The van der Waals surface area contributed by atoms with Gasteiger partial charge in [0.2, 0.25) is 0 Å². The van der Waals surface area contributed by atoms with Gasteiger partial charge in [-0.05, 0) is 84.2 Å². The summed E-state index contributed by atoms with van der Waals surface area (Å²) in [5.74, 6) is 4.74. The van der Waals surface area contributed by atoms with Crippen LogP contribution in [0.2, 0.25) is 0 Å². The number of fused-ring (bicyclic) bond motifs is 2. The van der Waals surface area contributed by atoms with Gasteiger partial charge in [-0.25, -0.2) is 0 Å². The van der Waals surface area contributed by atoms with Gasteiger partial charge in [-0.3, -0.25) is 0 Å². The first-order valence-corrected chi connectivity index (χ1v) is 9.84. The average molecular weight is 322 g/mol. The molecule has 4 atom stereocenters. The first-order valence-electron chi connectivity index (χ1n) is 9.84. The molecule has 1 nitrogen and oxygen atoms in total. The van der Waals surface area contributed by atoms with E-state index in [0.717, 1.165) is 29.4 Å². The lowest BCUT2D eigenvalue weighted by Crippen LogP contribution is -2.30. The SMILES string of the molecule is CCC1CCC2C[C@H](c3ccc4cc(OC)ccc4c3)CC[C@@H]2C1. The fourth-order valence-electron chi connectivity index (χ4n) is 5.28. The molecule has 1 heteroatoms. The predicted octanol–water partition coefficient (Wildman–Crippen LogP) is 6.56. The van der Waals surface area contributed by atoms with E-state index in [4.69, 9.17) is 4.74 Å². The Hall–Kier alpha value is -1.50. The van der Waals surface area contributed by atoms with Crippen LogP contribution < -0.4 is 4.74 Å². The molecule has 4 rings (SSSR count). The molecule has 0 radical (unpaired) electrons. The summed E-state index contributed by atoms with van der Waals surface area (Å²) >= 11 is 0. The van der Waals surface area contributed by atoms with Crippen molar-refractivity contribution in [3.8, 4) is 5.75 Å². The molecular formula is C23H30O. The van der Waals surface area contributed by atoms with Gasteiger partial charge >= 0.3 is 0 Å². The van der Waals surface area contributed by atoms with Crippen molar-refractivity contribution >= 4 is 10.8 Å². The molecule has 0 bridgehead atoms. The summed E-state index contributed by atoms with van der Waals surface area (Å²) in [4.78, 5) is 0. The normalized spacial score (nSPS) is 30.1. The van der Waals surface area contributed by atoms with E-state index in [1.165, 1.54) is 55.7 Å². The summed E-state index contributed by atoms with van der Waals surface area (Å²) in [7, 11) is 1.74. The Morgan fingerprint density at radius 1 is 0.875 bits per heavy atom. The highest BCUT2D eigenvalue weighted by atomic mass is 16.5. The van der Waals surface area contributed by atoms with Crippen molar-refractivity contribution in [3.63, 3.8) is 0 Å². The summed E-state index contributed by atoms with van der Waals surface area (Å²) < 4.78 is 5.35. The van der Waals surface area contributed by atoms with Gasteiger partial charge in [-0.1, -0.05) is 44.0 Å². The van der Waals surface area contributed by atoms with Gasteiger partial charge in [0, 0.05) is 0 Å². The van der Waals surface area contributed by atoms with E-state index < -0.39 is 0 Å². The van der Waals surface area contributed by atoms with Gasteiger partial charge in [0.1, 0.15) is 5.75 Å². The van der Waals surface area contributed by atoms with Crippen molar-refractivity contribution in [3.05, 3.63) is 42.0 Å². The van der Waals surface area contributed by atoms with Crippen molar-refractivity contribution in [2.45, 2.75) is 57.8 Å². The molecule has 2 aliphatic carbocycles. The van der Waals surface area contributed by atoms with Crippen LogP contribution in [0.4, 0.5) is 0 Å². The third-order valence-electron chi connectivity index (χ3n) is 6.84. The third-order valence-corrected chi connectivity index (χ3v) is 6.84. The molecule has 2 saturated carbocycles. The lowest BCUT2D eigenvalue weighted by molar-refractivity contribution is 0.116. The molecule has 0 N–H and O–H groups in total. The van der Waals surface area contributed by atoms with E-state index >= 15 is 0 Å². The number of hydrogen-bond donors (Lipinski definition) is 0. The van der Waals surface area contributed by atoms with Crippen LogP contribution in [-0.2, 0) is 0 Å². The highest BCUT2D eigenvalue weighted by molar-refractivity contribution is 5.84. The summed E-state index contributed by atoms with van der Waals surface area (Å²) in [5.41, 5.74) is 1.56. The molecule has 0 spiro atoms. The largest absolute Gasteiger partial charge is 0.497 e. The third kappa shape index (κ3) is 3.06. The monoisotopic (exact) mass is 322 g/mol. The zero-order chi connectivity index (χ0) is 16.5. The zero-order valence-corrected chi connectivity index (χ0v) is 15.1. The highest BCUT2D eigenvalue weighted by Gasteiger charge is 2.35. The summed E-state index contributed by atoms with van der Waals surface area (Å²) in [6.45, 7) is 2.38. The van der Waals surface area contributed by atoms with Gasteiger partial charge in [0.15, 0.2) is 0 Å². The fraction of sp³-hybridized carbons (Fsp3) is 0.565. The molecule has 2 fully saturated rings. The second kappa shape index (κ2) is 6.78. The number of hydrogen-bond acceptors (Lipinski definition) is 1. The zero-order valence-electron chi connectivity index (χ0n) is 15.1. The lowest BCUT2D eigenvalue weighted by atomic mass is 9.63. The topological polar surface area (TPSA) is 9.23 Å². The van der Waals surface area contributed by atoms with Crippen LogP contribution in [-0.4, -0.2) is 7.11 Å². The molecule has 2 aromatic rings. The van der Waals surface area contributed by atoms with Gasteiger partial charge in [0.25, 0.3) is 0 Å². The maximum absolute atomic E-state index is 5.35. The number of ether oxygens (including phenoxy) is 1. The predicted molar refractivity (Wildman–Crippen MR) is 102 cm³/mol. The highest BCUT2D eigenvalue weighted by Crippen LogP contribution is 2.48. The molecule has 0 aliphatic heterocycles. The van der Waals surface area contributed by atoms with Crippen molar-refractivity contribution in [1.82, 2.24) is 0 Å². The van der Waals surface area contributed by atoms with E-state index in [2.05, 4.69) is 43.3 Å². The molecule has 0 amide bonds. The smallest absolute Gasteiger partial charge is 0.119 e. The molecule has 0 aromatic heterocycles. The number of methoxy groups -OCH3 is 1. The Balaban J connectivity index is 1.51. The second-order valence-corrected chi connectivity index (χ2v) is 8.09. The van der Waals surface area contributed by atoms with Crippen LogP contribution >= 0.6 is 0 Å². The average Bonchev–Trinajstić information content (AvgIpc) is 2.66. The Labute approximate surface area is 146 Å². The molecule has 2 unspecified atom stereocenters. The quantitative estimate of drug-likeness (QED) is 0.622. The van der Waals surface area contributed by atoms with Crippen LogP contribution in [0.25, 0.3) is 10.8 Å². The van der Waals surface area contributed by atoms with Crippen LogP contribution in [0.1, 0.15) is 63.4 Å². The minimum atomic E-state index is 0.774. The summed E-state index contributed by atoms with van der Waals surface area (Å²) in [6, 6.07) is 13.5. The summed E-state index contributed by atoms with van der Waals surface area (Å²) in [5, 5.41) is 2.64. The lowest BCUT2D eigenvalue weighted by Gasteiger charge is -2.42. The van der Waals surface area contributed by atoms with E-state index in [1.807, 2.05) is 0 Å². The maximum atomic E-state index is 5.35. The molecule has 2 aromatic carbocycles. The van der Waals surface area contributed by atoms with Crippen molar-refractivity contribution in [2.24, 2.45) is 17.8 Å². The first-order chi connectivity index (χ1) is 11.8. The van der Waals surface area contributed by atoms with Gasteiger partial charge in [-0.2, -0.15) is 0 Å². The van der Waals surface area contributed by atoms with Gasteiger partial charge < -0.3 is 4.74 Å². The second-order valence-electron chi connectivity index (χ2n) is 8.09. The van der Waals surface area contributed by atoms with E-state index in [9.17, 15) is 0 Å². The fourth-order valence-corrected chi connectivity index (χ4v) is 5.28. The van der Waals surface area contributed by atoms with Crippen LogP contribution in [0, 0.1) is 17.8 Å². The molecule has 0 saturated heterocycles. The van der Waals surface area contributed by atoms with Crippen LogP contribution in [0.15, 0.2) is 36.4 Å². The Morgan fingerprint density at radius 3 is 2.46 bits per heavy atom. The molecule has 128 valence electrons. The standard InChI is InChI=1S/C23H30O/c1-3-16-4-5-18-13-19(7-6-17(18)12-16)20-8-9-22-15-23(24-2)11-10-21(22)14-20/h8-11,14-19H,3-7,12-13H2,1-2H3/t16?,17-,18?,19-/m1/s1. The van der Waals surface area contributed by atoms with Crippen molar-refractivity contribution in [2.75, 3.05) is 7.11 Å². The van der Waals surface area contributed by atoms with E-state index in [0.29, 0.717) is 0 Å². The van der Waals surface area contributed by atoms with E-state index in [1.54, 1.807) is 12.7 Å². The Morgan fingerprint density at radius 2 is 1.62 bits per heavy atom. The van der Waals surface area contributed by atoms with Gasteiger partial charge in [0.05, 0.1) is 7.11 Å². The number of benzene rings is 2. The van der Waals surface area contributed by atoms with Crippen LogP contribution in [0.5, 0.6) is 5.75 Å². The van der Waals surface area contributed by atoms with Crippen molar-refractivity contribution < 1.29 is 4.74 Å². The molecule has 0 heterocycles.